The molecular weight excluding hydrogens is 540 g/mol. The molecule has 2 aromatic rings. The van der Waals surface area contributed by atoms with Crippen molar-refractivity contribution in [3.63, 3.8) is 0 Å². The van der Waals surface area contributed by atoms with Crippen LogP contribution in [0.3, 0.4) is 0 Å². The number of aromatic nitrogens is 2. The molecule has 2 aliphatic carbocycles. The Hall–Kier alpha value is -3.05. The molecule has 1 aliphatic heterocycles. The van der Waals surface area contributed by atoms with Gasteiger partial charge in [0, 0.05) is 25.0 Å². The zero-order valence-electron chi connectivity index (χ0n) is 23.6. The number of hydrogen-bond donors (Lipinski definition) is 3. The van der Waals surface area contributed by atoms with Crippen molar-refractivity contribution in [2.45, 2.75) is 88.5 Å². The Morgan fingerprint density at radius 2 is 1.80 bits per heavy atom. The summed E-state index contributed by atoms with van der Waals surface area (Å²) in [6.07, 6.45) is 11.4. The third kappa shape index (κ3) is 7.82. The van der Waals surface area contributed by atoms with Gasteiger partial charge in [-0.3, -0.25) is 9.59 Å². The van der Waals surface area contributed by atoms with E-state index in [-0.39, 0.29) is 29.4 Å². The smallest absolute Gasteiger partial charge is 0.242 e. The molecule has 1 aromatic carbocycles. The van der Waals surface area contributed by atoms with E-state index in [1.165, 1.54) is 6.42 Å². The van der Waals surface area contributed by atoms with Crippen molar-refractivity contribution in [3.05, 3.63) is 53.3 Å². The van der Waals surface area contributed by atoms with Gasteiger partial charge < -0.3 is 16.0 Å². The maximum atomic E-state index is 13.9. The predicted molar refractivity (Wildman–Crippen MR) is 157 cm³/mol. The number of aryl methyl sites for hydroxylation is 1. The van der Waals surface area contributed by atoms with Crippen LogP contribution in [0, 0.1) is 11.8 Å². The number of nitrogen functional groups attached to an aromatic ring is 1. The van der Waals surface area contributed by atoms with E-state index in [2.05, 4.69) is 20.0 Å². The Kier molecular flexibility index (Phi) is 9.54. The molecule has 222 valence electrons. The van der Waals surface area contributed by atoms with Crippen LogP contribution in [-0.4, -0.2) is 60.3 Å². The minimum absolute atomic E-state index is 0.168. The standard InChI is InChI=1S/C30H42N6O4S/c31-30-33-19-24-16-23(13-14-25(24)34-30)18-32-28(37)27-12-7-15-36(27)29(38)26(17-21-8-3-1-4-9-21)35-41(39,40)20-22-10-5-2-6-11-22/h2,5-6,10-11,19,21,23,26-27,35H,1,3-4,7-9,12-18,20H2,(H,32,37)(H2,31,33,34)/t23?,26-,27+/m1/s1. The van der Waals surface area contributed by atoms with Gasteiger partial charge in [0.2, 0.25) is 27.8 Å². The van der Waals surface area contributed by atoms with Gasteiger partial charge in [-0.1, -0.05) is 62.4 Å². The summed E-state index contributed by atoms with van der Waals surface area (Å²) in [4.78, 5) is 37.3. The number of sulfonamides is 1. The van der Waals surface area contributed by atoms with Crippen LogP contribution < -0.4 is 15.8 Å². The van der Waals surface area contributed by atoms with Crippen molar-refractivity contribution in [1.29, 1.82) is 0 Å². The first-order chi connectivity index (χ1) is 19.8. The van der Waals surface area contributed by atoms with Crippen molar-refractivity contribution in [2.24, 2.45) is 11.8 Å². The van der Waals surface area contributed by atoms with Gasteiger partial charge in [0.05, 0.1) is 5.75 Å². The fourth-order valence-corrected chi connectivity index (χ4v) is 7.99. The molecule has 1 unspecified atom stereocenters. The number of likely N-dealkylation sites (tertiary alicyclic amines) is 1. The van der Waals surface area contributed by atoms with E-state index in [4.69, 9.17) is 5.73 Å². The zero-order chi connectivity index (χ0) is 28.8. The first kappa shape index (κ1) is 29.4. The Morgan fingerprint density at radius 3 is 2.59 bits per heavy atom. The highest BCUT2D eigenvalue weighted by atomic mass is 32.2. The number of rotatable bonds is 10. The molecule has 1 saturated carbocycles. The van der Waals surface area contributed by atoms with E-state index in [9.17, 15) is 18.0 Å². The summed E-state index contributed by atoms with van der Waals surface area (Å²) in [5, 5.41) is 3.09. The molecule has 4 N–H and O–H groups in total. The Bertz CT molecular complexity index is 1320. The fraction of sp³-hybridized carbons (Fsp3) is 0.600. The molecule has 3 atom stereocenters. The molecular formula is C30H42N6O4S. The lowest BCUT2D eigenvalue weighted by Crippen LogP contribution is -2.54. The number of hydrogen-bond acceptors (Lipinski definition) is 7. The molecule has 5 rings (SSSR count). The average Bonchev–Trinajstić information content (AvgIpc) is 3.46. The molecule has 2 amide bonds. The second-order valence-electron chi connectivity index (χ2n) is 11.9. The molecule has 3 aliphatic rings. The fourth-order valence-electron chi connectivity index (χ4n) is 6.65. The van der Waals surface area contributed by atoms with Crippen LogP contribution in [-0.2, 0) is 38.2 Å². The van der Waals surface area contributed by atoms with Gasteiger partial charge >= 0.3 is 0 Å². The Morgan fingerprint density at radius 1 is 1.02 bits per heavy atom. The van der Waals surface area contributed by atoms with Gasteiger partial charge in [-0.05, 0) is 61.5 Å². The van der Waals surface area contributed by atoms with Crippen LogP contribution in [0.4, 0.5) is 5.95 Å². The second kappa shape index (κ2) is 13.3. The minimum atomic E-state index is -3.76. The van der Waals surface area contributed by atoms with Crippen LogP contribution in [0.5, 0.6) is 0 Å². The van der Waals surface area contributed by atoms with Crippen molar-refractivity contribution in [3.8, 4) is 0 Å². The number of nitrogens with one attached hydrogen (secondary N) is 2. The number of nitrogens with zero attached hydrogens (tertiary/aromatic N) is 3. The topological polar surface area (TPSA) is 147 Å². The average molecular weight is 583 g/mol. The minimum Gasteiger partial charge on any atom is -0.368 e. The van der Waals surface area contributed by atoms with Gasteiger partial charge in [0.15, 0.2) is 0 Å². The third-order valence-electron chi connectivity index (χ3n) is 8.79. The van der Waals surface area contributed by atoms with Gasteiger partial charge in [-0.25, -0.2) is 23.1 Å². The molecule has 0 radical (unpaired) electrons. The summed E-state index contributed by atoms with van der Waals surface area (Å²) >= 11 is 0. The molecule has 0 bridgehead atoms. The van der Waals surface area contributed by atoms with Crippen LogP contribution in [0.2, 0.25) is 0 Å². The summed E-state index contributed by atoms with van der Waals surface area (Å²) in [6.45, 7) is 0.963. The largest absolute Gasteiger partial charge is 0.368 e. The van der Waals surface area contributed by atoms with Gasteiger partial charge in [0.1, 0.15) is 12.1 Å². The van der Waals surface area contributed by atoms with Gasteiger partial charge in [-0.2, -0.15) is 0 Å². The summed E-state index contributed by atoms with van der Waals surface area (Å²) in [5.41, 5.74) is 8.43. The molecule has 2 heterocycles. The van der Waals surface area contributed by atoms with Crippen LogP contribution in [0.25, 0.3) is 0 Å². The SMILES string of the molecule is Nc1ncc2c(n1)CCC(CNC(=O)[C@@H]1CCCN1C(=O)[C@@H](CC1CCCCC1)NS(=O)(=O)Cc1ccccc1)C2. The normalized spacial score (nSPS) is 22.2. The molecule has 0 spiro atoms. The lowest BCUT2D eigenvalue weighted by molar-refractivity contribution is -0.140. The maximum absolute atomic E-state index is 13.9. The molecule has 10 nitrogen and oxygen atoms in total. The Labute approximate surface area is 242 Å². The second-order valence-corrected chi connectivity index (χ2v) is 13.7. The highest BCUT2D eigenvalue weighted by molar-refractivity contribution is 7.88. The molecule has 11 heteroatoms. The van der Waals surface area contributed by atoms with E-state index in [0.717, 1.165) is 56.2 Å². The lowest BCUT2D eigenvalue weighted by Gasteiger charge is -2.32. The summed E-state index contributed by atoms with van der Waals surface area (Å²) < 4.78 is 29.1. The van der Waals surface area contributed by atoms with Crippen molar-refractivity contribution < 1.29 is 18.0 Å². The van der Waals surface area contributed by atoms with E-state index in [0.29, 0.717) is 43.8 Å². The van der Waals surface area contributed by atoms with Crippen LogP contribution in [0.1, 0.15) is 74.6 Å². The Balaban J connectivity index is 1.23. The van der Waals surface area contributed by atoms with Crippen LogP contribution in [0.15, 0.2) is 36.5 Å². The lowest BCUT2D eigenvalue weighted by atomic mass is 9.84. The zero-order valence-corrected chi connectivity index (χ0v) is 24.4. The molecule has 1 aromatic heterocycles. The van der Waals surface area contributed by atoms with E-state index in [1.807, 2.05) is 6.07 Å². The molecule has 41 heavy (non-hydrogen) atoms. The number of fused-ring (bicyclic) bond motifs is 1. The van der Waals surface area contributed by atoms with Crippen LogP contribution >= 0.6 is 0 Å². The summed E-state index contributed by atoms with van der Waals surface area (Å²) in [5.74, 6) is 0.193. The summed E-state index contributed by atoms with van der Waals surface area (Å²) in [7, 11) is -3.76. The highest BCUT2D eigenvalue weighted by Gasteiger charge is 2.39. The van der Waals surface area contributed by atoms with Crippen molar-refractivity contribution in [1.82, 2.24) is 24.9 Å². The van der Waals surface area contributed by atoms with E-state index in [1.54, 1.807) is 35.4 Å². The van der Waals surface area contributed by atoms with E-state index < -0.39 is 22.1 Å². The highest BCUT2D eigenvalue weighted by Crippen LogP contribution is 2.29. The van der Waals surface area contributed by atoms with Crippen molar-refractivity contribution in [2.75, 3.05) is 18.8 Å². The first-order valence-corrected chi connectivity index (χ1v) is 16.6. The van der Waals surface area contributed by atoms with Gasteiger partial charge in [-0.15, -0.1) is 0 Å². The van der Waals surface area contributed by atoms with Gasteiger partial charge in [0.25, 0.3) is 0 Å². The summed E-state index contributed by atoms with van der Waals surface area (Å²) in [6, 6.07) is 7.53. The quantitative estimate of drug-likeness (QED) is 0.390. The number of benzene rings is 1. The molecule has 1 saturated heterocycles. The number of amides is 2. The van der Waals surface area contributed by atoms with Crippen molar-refractivity contribution >= 4 is 27.8 Å². The molecule has 2 fully saturated rings. The number of nitrogens with two attached hydrogens (primary N) is 1. The van der Waals surface area contributed by atoms with E-state index >= 15 is 0 Å². The third-order valence-corrected chi connectivity index (χ3v) is 10.1. The monoisotopic (exact) mass is 582 g/mol. The number of carbonyl (C=O) groups is 2. The number of anilines is 1. The predicted octanol–water partition coefficient (Wildman–Crippen LogP) is 2.73. The maximum Gasteiger partial charge on any atom is 0.242 e. The number of carbonyl (C=O) groups excluding carboxylic acids is 2. The first-order valence-electron chi connectivity index (χ1n) is 15.0.